The molecule has 5 heteroatoms. The smallest absolute Gasteiger partial charge is 0.410 e. The molecule has 0 aromatic heterocycles. The van der Waals surface area contributed by atoms with Gasteiger partial charge in [-0.05, 0) is 57.7 Å². The van der Waals surface area contributed by atoms with Crippen LogP contribution in [0.4, 0.5) is 9.18 Å². The highest BCUT2D eigenvalue weighted by Gasteiger charge is 2.31. The van der Waals surface area contributed by atoms with Gasteiger partial charge in [-0.15, -0.1) is 0 Å². The van der Waals surface area contributed by atoms with Gasteiger partial charge in [0.1, 0.15) is 11.4 Å². The molecule has 0 spiro atoms. The lowest BCUT2D eigenvalue weighted by Crippen LogP contribution is -2.43. The Morgan fingerprint density at radius 2 is 1.96 bits per heavy atom. The predicted octanol–water partition coefficient (Wildman–Crippen LogP) is 3.52. The fourth-order valence-electron chi connectivity index (χ4n) is 3.16. The zero-order valence-corrected chi connectivity index (χ0v) is 14.2. The lowest BCUT2D eigenvalue weighted by atomic mass is 9.80. The second-order valence-corrected chi connectivity index (χ2v) is 7.17. The van der Waals surface area contributed by atoms with E-state index in [0.29, 0.717) is 25.2 Å². The molecule has 1 unspecified atom stereocenters. The average molecular weight is 322 g/mol. The van der Waals surface area contributed by atoms with Gasteiger partial charge in [0.15, 0.2) is 0 Å². The maximum absolute atomic E-state index is 14.0. The molecule has 1 aromatic rings. The number of ether oxygens (including phenoxy) is 1. The van der Waals surface area contributed by atoms with Crippen molar-refractivity contribution in [2.75, 3.05) is 19.6 Å². The van der Waals surface area contributed by atoms with E-state index in [4.69, 9.17) is 10.5 Å². The minimum atomic E-state index is -0.485. The summed E-state index contributed by atoms with van der Waals surface area (Å²) < 4.78 is 19.4. The standard InChI is InChI=1S/C18H27FN2O2/c1-18(2,3)23-17(22)21-10-8-13(9-11-21)15(12-20)14-6-4-5-7-16(14)19/h4-7,13,15H,8-12,20H2,1-3H3. The van der Waals surface area contributed by atoms with Gasteiger partial charge in [0, 0.05) is 19.0 Å². The maximum atomic E-state index is 14.0. The van der Waals surface area contributed by atoms with E-state index < -0.39 is 5.60 Å². The molecule has 1 aliphatic rings. The van der Waals surface area contributed by atoms with Gasteiger partial charge in [-0.1, -0.05) is 18.2 Å². The van der Waals surface area contributed by atoms with Crippen LogP contribution in [-0.2, 0) is 4.74 Å². The van der Waals surface area contributed by atoms with E-state index in [9.17, 15) is 9.18 Å². The normalized spacial score (nSPS) is 17.9. The van der Waals surface area contributed by atoms with Crippen LogP contribution in [0.5, 0.6) is 0 Å². The highest BCUT2D eigenvalue weighted by molar-refractivity contribution is 5.68. The number of piperidine rings is 1. The predicted molar refractivity (Wildman–Crippen MR) is 88.7 cm³/mol. The van der Waals surface area contributed by atoms with Crippen molar-refractivity contribution in [2.24, 2.45) is 11.7 Å². The molecule has 1 aliphatic heterocycles. The van der Waals surface area contributed by atoms with Gasteiger partial charge in [-0.2, -0.15) is 0 Å². The molecule has 1 amide bonds. The maximum Gasteiger partial charge on any atom is 0.410 e. The molecule has 1 fully saturated rings. The number of likely N-dealkylation sites (tertiary alicyclic amines) is 1. The summed E-state index contributed by atoms with van der Waals surface area (Å²) >= 11 is 0. The molecule has 128 valence electrons. The largest absolute Gasteiger partial charge is 0.444 e. The Bertz CT molecular complexity index is 534. The lowest BCUT2D eigenvalue weighted by molar-refractivity contribution is 0.0174. The fourth-order valence-corrected chi connectivity index (χ4v) is 3.16. The highest BCUT2D eigenvalue weighted by Crippen LogP contribution is 2.33. The lowest BCUT2D eigenvalue weighted by Gasteiger charge is -2.36. The number of carbonyl (C=O) groups is 1. The first-order chi connectivity index (χ1) is 10.8. The van der Waals surface area contributed by atoms with E-state index in [-0.39, 0.29) is 23.7 Å². The molecule has 0 radical (unpaired) electrons. The van der Waals surface area contributed by atoms with Crippen molar-refractivity contribution in [3.63, 3.8) is 0 Å². The van der Waals surface area contributed by atoms with Crippen LogP contribution in [0.2, 0.25) is 0 Å². The minimum Gasteiger partial charge on any atom is -0.444 e. The molecule has 1 atom stereocenters. The van der Waals surface area contributed by atoms with Gasteiger partial charge in [0.25, 0.3) is 0 Å². The molecule has 1 aromatic carbocycles. The number of hydrogen-bond acceptors (Lipinski definition) is 3. The van der Waals surface area contributed by atoms with Crippen molar-refractivity contribution < 1.29 is 13.9 Å². The number of benzene rings is 1. The van der Waals surface area contributed by atoms with E-state index in [1.54, 1.807) is 11.0 Å². The summed E-state index contributed by atoms with van der Waals surface area (Å²) in [5.74, 6) is 0.0881. The Hall–Kier alpha value is -1.62. The number of halogens is 1. The Kier molecular flexibility index (Phi) is 5.63. The number of rotatable bonds is 3. The third kappa shape index (κ3) is 4.67. The minimum absolute atomic E-state index is 0.00279. The first-order valence-corrected chi connectivity index (χ1v) is 8.24. The second-order valence-electron chi connectivity index (χ2n) is 7.17. The van der Waals surface area contributed by atoms with Gasteiger partial charge in [0.05, 0.1) is 0 Å². The molecular formula is C18H27FN2O2. The third-order valence-electron chi connectivity index (χ3n) is 4.32. The Morgan fingerprint density at radius 1 is 1.35 bits per heavy atom. The van der Waals surface area contributed by atoms with Crippen molar-refractivity contribution in [3.05, 3.63) is 35.6 Å². The Labute approximate surface area is 137 Å². The number of nitrogens with two attached hydrogens (primary N) is 1. The molecule has 2 rings (SSSR count). The molecule has 0 bridgehead atoms. The molecule has 0 aliphatic carbocycles. The van der Waals surface area contributed by atoms with Crippen molar-refractivity contribution in [1.29, 1.82) is 0 Å². The quantitative estimate of drug-likeness (QED) is 0.926. The third-order valence-corrected chi connectivity index (χ3v) is 4.32. The number of nitrogens with zero attached hydrogens (tertiary/aromatic N) is 1. The summed E-state index contributed by atoms with van der Waals surface area (Å²) in [5, 5.41) is 0. The molecule has 2 N–H and O–H groups in total. The first kappa shape index (κ1) is 17.7. The summed E-state index contributed by atoms with van der Waals surface area (Å²) in [6, 6.07) is 6.83. The van der Waals surface area contributed by atoms with Crippen LogP contribution < -0.4 is 5.73 Å². The molecule has 23 heavy (non-hydrogen) atoms. The van der Waals surface area contributed by atoms with Gasteiger partial charge in [0.2, 0.25) is 0 Å². The van der Waals surface area contributed by atoms with Gasteiger partial charge in [-0.3, -0.25) is 0 Å². The highest BCUT2D eigenvalue weighted by atomic mass is 19.1. The monoisotopic (exact) mass is 322 g/mol. The summed E-state index contributed by atoms with van der Waals surface area (Å²) in [7, 11) is 0. The van der Waals surface area contributed by atoms with E-state index in [1.807, 2.05) is 32.9 Å². The second kappa shape index (κ2) is 7.30. The SMILES string of the molecule is CC(C)(C)OC(=O)N1CCC(C(CN)c2ccccc2F)CC1. The zero-order chi connectivity index (χ0) is 17.0. The van der Waals surface area contributed by atoms with Gasteiger partial charge in [-0.25, -0.2) is 9.18 Å². The first-order valence-electron chi connectivity index (χ1n) is 8.24. The van der Waals surface area contributed by atoms with E-state index >= 15 is 0 Å². The zero-order valence-electron chi connectivity index (χ0n) is 14.2. The molecular weight excluding hydrogens is 295 g/mol. The van der Waals surface area contributed by atoms with Crippen LogP contribution >= 0.6 is 0 Å². The summed E-state index contributed by atoms with van der Waals surface area (Å²) in [6.07, 6.45) is 1.36. The topological polar surface area (TPSA) is 55.6 Å². The van der Waals surface area contributed by atoms with Crippen molar-refractivity contribution in [3.8, 4) is 0 Å². The van der Waals surface area contributed by atoms with Crippen LogP contribution in [0.1, 0.15) is 45.1 Å². The average Bonchev–Trinajstić information content (AvgIpc) is 2.49. The van der Waals surface area contributed by atoms with E-state index in [0.717, 1.165) is 12.8 Å². The molecule has 4 nitrogen and oxygen atoms in total. The summed E-state index contributed by atoms with van der Waals surface area (Å²) in [4.78, 5) is 13.8. The molecule has 1 heterocycles. The summed E-state index contributed by atoms with van der Waals surface area (Å²) in [5.41, 5.74) is 6.11. The van der Waals surface area contributed by atoms with Crippen LogP contribution in [0, 0.1) is 11.7 Å². The number of amides is 1. The number of hydrogen-bond donors (Lipinski definition) is 1. The van der Waals surface area contributed by atoms with Crippen LogP contribution in [0.25, 0.3) is 0 Å². The van der Waals surface area contributed by atoms with Gasteiger partial charge >= 0.3 is 6.09 Å². The van der Waals surface area contributed by atoms with Crippen molar-refractivity contribution in [1.82, 2.24) is 4.90 Å². The van der Waals surface area contributed by atoms with Crippen LogP contribution in [0.15, 0.2) is 24.3 Å². The van der Waals surface area contributed by atoms with Crippen LogP contribution in [-0.4, -0.2) is 36.2 Å². The number of carbonyl (C=O) groups excluding carboxylic acids is 1. The van der Waals surface area contributed by atoms with Crippen molar-refractivity contribution >= 4 is 6.09 Å². The Morgan fingerprint density at radius 3 is 2.48 bits per heavy atom. The van der Waals surface area contributed by atoms with E-state index in [2.05, 4.69) is 0 Å². The fraction of sp³-hybridized carbons (Fsp3) is 0.611. The van der Waals surface area contributed by atoms with E-state index in [1.165, 1.54) is 6.07 Å². The van der Waals surface area contributed by atoms with Crippen LogP contribution in [0.3, 0.4) is 0 Å². The summed E-state index contributed by atoms with van der Waals surface area (Å²) in [6.45, 7) is 7.26. The molecule has 1 saturated heterocycles. The molecule has 0 saturated carbocycles. The van der Waals surface area contributed by atoms with Crippen molar-refractivity contribution in [2.45, 2.75) is 45.1 Å². The Balaban J connectivity index is 1.98. The van der Waals surface area contributed by atoms with Gasteiger partial charge < -0.3 is 15.4 Å².